The van der Waals surface area contributed by atoms with Gasteiger partial charge in [0.1, 0.15) is 18.1 Å². The summed E-state index contributed by atoms with van der Waals surface area (Å²) >= 11 is 9.40. The molecule has 9 heteroatoms. The molecule has 1 amide bonds. The third kappa shape index (κ3) is 5.64. The second kappa shape index (κ2) is 9.80. The quantitative estimate of drug-likeness (QED) is 0.313. The molecule has 0 atom stereocenters. The molecule has 0 spiro atoms. The number of aromatic nitrogens is 3. The first-order valence-corrected chi connectivity index (χ1v) is 11.4. The lowest BCUT2D eigenvalue weighted by atomic mass is 10.1. The van der Waals surface area contributed by atoms with Crippen LogP contribution in [-0.2, 0) is 13.2 Å². The van der Waals surface area contributed by atoms with E-state index in [0.29, 0.717) is 33.2 Å². The Morgan fingerprint density at radius 3 is 2.55 bits per heavy atom. The predicted octanol–water partition coefficient (Wildman–Crippen LogP) is 6.09. The Balaban J connectivity index is 1.47. The Bertz CT molecular complexity index is 1280. The van der Waals surface area contributed by atoms with E-state index in [2.05, 4.69) is 37.6 Å². The molecule has 4 aromatic rings. The highest BCUT2D eigenvalue weighted by atomic mass is 79.9. The van der Waals surface area contributed by atoms with Crippen molar-refractivity contribution in [3.8, 4) is 5.75 Å². The molecule has 33 heavy (non-hydrogen) atoms. The van der Waals surface area contributed by atoms with Crippen LogP contribution in [0.3, 0.4) is 0 Å². The summed E-state index contributed by atoms with van der Waals surface area (Å²) in [5.74, 6) is 1.21. The van der Waals surface area contributed by atoms with Gasteiger partial charge >= 0.3 is 0 Å². The summed E-state index contributed by atoms with van der Waals surface area (Å²) in [5.41, 5.74) is 3.98. The fourth-order valence-corrected chi connectivity index (χ4v) is 3.96. The standard InChI is InChI=1S/C24H22BrClN4O3/c1-14-8-15(2)10-19(9-14)32-13-20-16(3)33-29-22(20)24(31)27-23-21(25)12-30(28-23)11-17-4-6-18(26)7-5-17/h4-10,12H,11,13H2,1-3H3,(H,27,28,31). The van der Waals surface area contributed by atoms with Crippen LogP contribution in [0.25, 0.3) is 0 Å². The fourth-order valence-electron chi connectivity index (χ4n) is 3.42. The Kier molecular flexibility index (Phi) is 6.85. The molecule has 4 rings (SSSR count). The molecule has 0 bridgehead atoms. The van der Waals surface area contributed by atoms with Gasteiger partial charge in [-0.1, -0.05) is 35.0 Å². The van der Waals surface area contributed by atoms with Crippen molar-refractivity contribution in [3.63, 3.8) is 0 Å². The Morgan fingerprint density at radius 2 is 1.85 bits per heavy atom. The monoisotopic (exact) mass is 528 g/mol. The first kappa shape index (κ1) is 23.1. The molecule has 0 fully saturated rings. The fraction of sp³-hybridized carbons (Fsp3) is 0.208. The van der Waals surface area contributed by atoms with Gasteiger partial charge in [0.2, 0.25) is 0 Å². The second-order valence-corrected chi connectivity index (χ2v) is 9.07. The van der Waals surface area contributed by atoms with Gasteiger partial charge in [0.05, 0.1) is 16.6 Å². The van der Waals surface area contributed by atoms with Crippen LogP contribution in [-0.4, -0.2) is 20.8 Å². The maximum Gasteiger partial charge on any atom is 0.279 e. The summed E-state index contributed by atoms with van der Waals surface area (Å²) < 4.78 is 13.6. The van der Waals surface area contributed by atoms with Crippen molar-refractivity contribution in [2.24, 2.45) is 0 Å². The molecule has 0 radical (unpaired) electrons. The number of rotatable bonds is 7. The third-order valence-electron chi connectivity index (χ3n) is 4.98. The van der Waals surface area contributed by atoms with Crippen LogP contribution in [0.2, 0.25) is 5.02 Å². The van der Waals surface area contributed by atoms with Gasteiger partial charge in [-0.2, -0.15) is 5.10 Å². The van der Waals surface area contributed by atoms with Crippen LogP contribution in [0.5, 0.6) is 5.75 Å². The van der Waals surface area contributed by atoms with Crippen LogP contribution in [0.15, 0.2) is 57.7 Å². The first-order chi connectivity index (χ1) is 15.8. The maximum absolute atomic E-state index is 13.0. The van der Waals surface area contributed by atoms with Crippen molar-refractivity contribution >= 4 is 39.3 Å². The van der Waals surface area contributed by atoms with E-state index < -0.39 is 5.91 Å². The van der Waals surface area contributed by atoms with E-state index in [1.807, 2.05) is 50.2 Å². The van der Waals surface area contributed by atoms with Crippen LogP contribution in [0, 0.1) is 20.8 Å². The molecule has 0 saturated heterocycles. The zero-order chi connectivity index (χ0) is 23.5. The molecule has 2 aromatic heterocycles. The number of nitrogens with zero attached hydrogens (tertiary/aromatic N) is 3. The van der Waals surface area contributed by atoms with Gasteiger partial charge in [0.25, 0.3) is 5.91 Å². The number of ether oxygens (including phenoxy) is 1. The molecule has 0 saturated carbocycles. The first-order valence-electron chi connectivity index (χ1n) is 10.2. The van der Waals surface area contributed by atoms with Crippen molar-refractivity contribution in [1.29, 1.82) is 0 Å². The number of carbonyl (C=O) groups is 1. The molecule has 2 heterocycles. The molecule has 7 nitrogen and oxygen atoms in total. The number of amides is 1. The molecule has 0 aliphatic carbocycles. The minimum absolute atomic E-state index is 0.160. The Hall–Kier alpha value is -3.10. The van der Waals surface area contributed by atoms with Crippen LogP contribution >= 0.6 is 27.5 Å². The number of nitrogens with one attached hydrogen (secondary N) is 1. The zero-order valence-corrected chi connectivity index (χ0v) is 20.7. The number of aryl methyl sites for hydroxylation is 3. The highest BCUT2D eigenvalue weighted by Gasteiger charge is 2.22. The van der Waals surface area contributed by atoms with E-state index in [1.165, 1.54) is 0 Å². The number of carbonyl (C=O) groups excluding carboxylic acids is 1. The average molecular weight is 530 g/mol. The lowest BCUT2D eigenvalue weighted by Gasteiger charge is -2.09. The summed E-state index contributed by atoms with van der Waals surface area (Å²) in [6.07, 6.45) is 1.79. The summed E-state index contributed by atoms with van der Waals surface area (Å²) in [7, 11) is 0. The minimum Gasteiger partial charge on any atom is -0.489 e. The van der Waals surface area contributed by atoms with Crippen LogP contribution in [0.1, 0.15) is 38.5 Å². The van der Waals surface area contributed by atoms with Gasteiger partial charge in [0.15, 0.2) is 11.5 Å². The molecule has 2 aromatic carbocycles. The van der Waals surface area contributed by atoms with Gasteiger partial charge in [0, 0.05) is 11.2 Å². The lowest BCUT2D eigenvalue weighted by molar-refractivity contribution is 0.101. The normalized spacial score (nSPS) is 10.9. The van der Waals surface area contributed by atoms with E-state index in [1.54, 1.807) is 17.8 Å². The topological polar surface area (TPSA) is 82.2 Å². The van der Waals surface area contributed by atoms with Crippen molar-refractivity contribution in [3.05, 3.63) is 91.9 Å². The number of benzene rings is 2. The van der Waals surface area contributed by atoms with Gasteiger partial charge in [-0.05, 0) is 77.7 Å². The summed E-state index contributed by atoms with van der Waals surface area (Å²) in [6.45, 7) is 6.46. The van der Waals surface area contributed by atoms with Gasteiger partial charge in [-0.15, -0.1) is 0 Å². The molecule has 0 aliphatic rings. The van der Waals surface area contributed by atoms with Gasteiger partial charge < -0.3 is 14.6 Å². The van der Waals surface area contributed by atoms with Crippen molar-refractivity contribution in [1.82, 2.24) is 14.9 Å². The highest BCUT2D eigenvalue weighted by Crippen LogP contribution is 2.24. The SMILES string of the molecule is Cc1cc(C)cc(OCc2c(C(=O)Nc3nn(Cc4ccc(Cl)cc4)cc3Br)noc2C)c1. The summed E-state index contributed by atoms with van der Waals surface area (Å²) in [5, 5.41) is 11.9. The Labute approximate surface area is 204 Å². The second-order valence-electron chi connectivity index (χ2n) is 7.78. The van der Waals surface area contributed by atoms with Gasteiger partial charge in [-0.25, -0.2) is 0 Å². The van der Waals surface area contributed by atoms with E-state index in [0.717, 1.165) is 22.4 Å². The molecular weight excluding hydrogens is 508 g/mol. The molecule has 1 N–H and O–H groups in total. The summed E-state index contributed by atoms with van der Waals surface area (Å²) in [4.78, 5) is 13.0. The summed E-state index contributed by atoms with van der Waals surface area (Å²) in [6, 6.07) is 13.5. The molecule has 170 valence electrons. The average Bonchev–Trinajstić information content (AvgIpc) is 3.29. The van der Waals surface area contributed by atoms with Crippen molar-refractivity contribution in [2.45, 2.75) is 33.9 Å². The van der Waals surface area contributed by atoms with E-state index in [4.69, 9.17) is 20.9 Å². The van der Waals surface area contributed by atoms with Crippen molar-refractivity contribution in [2.75, 3.05) is 5.32 Å². The molecular formula is C24H22BrClN4O3. The number of hydrogen-bond acceptors (Lipinski definition) is 5. The van der Waals surface area contributed by atoms with Crippen molar-refractivity contribution < 1.29 is 14.1 Å². The number of halogens is 2. The Morgan fingerprint density at radius 1 is 1.15 bits per heavy atom. The van der Waals surface area contributed by atoms with E-state index in [-0.39, 0.29) is 12.3 Å². The lowest BCUT2D eigenvalue weighted by Crippen LogP contribution is -2.16. The zero-order valence-electron chi connectivity index (χ0n) is 18.4. The smallest absolute Gasteiger partial charge is 0.279 e. The minimum atomic E-state index is -0.427. The maximum atomic E-state index is 13.0. The number of anilines is 1. The predicted molar refractivity (Wildman–Crippen MR) is 130 cm³/mol. The van der Waals surface area contributed by atoms with Crippen LogP contribution < -0.4 is 10.1 Å². The number of hydrogen-bond donors (Lipinski definition) is 1. The van der Waals surface area contributed by atoms with Crippen LogP contribution in [0.4, 0.5) is 5.82 Å². The highest BCUT2D eigenvalue weighted by molar-refractivity contribution is 9.10. The molecule has 0 unspecified atom stereocenters. The third-order valence-corrected chi connectivity index (χ3v) is 5.82. The molecule has 0 aliphatic heterocycles. The van der Waals surface area contributed by atoms with E-state index >= 15 is 0 Å². The van der Waals surface area contributed by atoms with E-state index in [9.17, 15) is 4.79 Å². The van der Waals surface area contributed by atoms with Gasteiger partial charge in [-0.3, -0.25) is 9.48 Å². The largest absolute Gasteiger partial charge is 0.489 e.